The van der Waals surface area contributed by atoms with Gasteiger partial charge in [-0.15, -0.1) is 0 Å². The van der Waals surface area contributed by atoms with E-state index >= 15 is 0 Å². The summed E-state index contributed by atoms with van der Waals surface area (Å²) in [5, 5.41) is 0. The Balaban J connectivity index is 1.56. The summed E-state index contributed by atoms with van der Waals surface area (Å²) in [7, 11) is 0. The van der Waals surface area contributed by atoms with E-state index in [1.807, 2.05) is 0 Å². The van der Waals surface area contributed by atoms with Crippen molar-refractivity contribution < 1.29 is 0 Å². The van der Waals surface area contributed by atoms with Crippen molar-refractivity contribution in [2.45, 2.75) is 53.4 Å². The molecule has 0 radical (unpaired) electrons. The van der Waals surface area contributed by atoms with Crippen LogP contribution in [0.15, 0.2) is 54.6 Å². The Bertz CT molecular complexity index is 979. The zero-order valence-corrected chi connectivity index (χ0v) is 17.9. The van der Waals surface area contributed by atoms with Crippen LogP contribution in [0.5, 0.6) is 0 Å². The van der Waals surface area contributed by atoms with Gasteiger partial charge in [-0.1, -0.05) is 82.3 Å². The fraction of sp³-hybridized carbons (Fsp3) is 0.357. The second-order valence-electron chi connectivity index (χ2n) is 9.25. The second kappa shape index (κ2) is 7.59. The average molecular weight is 369 g/mol. The Hall–Kier alpha value is -2.34. The molecule has 0 spiro atoms. The number of rotatable bonds is 5. The lowest BCUT2D eigenvalue weighted by molar-refractivity contribution is 0.584. The fourth-order valence-electron chi connectivity index (χ4n) is 4.59. The zero-order valence-electron chi connectivity index (χ0n) is 17.9. The van der Waals surface area contributed by atoms with Gasteiger partial charge < -0.3 is 0 Å². The third-order valence-electron chi connectivity index (χ3n) is 6.19. The molecule has 0 aromatic heterocycles. The number of benzene rings is 2. The summed E-state index contributed by atoms with van der Waals surface area (Å²) in [5.41, 5.74) is 11.3. The van der Waals surface area contributed by atoms with E-state index in [0.717, 1.165) is 12.8 Å². The molecule has 0 heterocycles. The first-order valence-electron chi connectivity index (χ1n) is 10.8. The Morgan fingerprint density at radius 2 is 1.75 bits per heavy atom. The molecule has 0 nitrogen and oxygen atoms in total. The van der Waals surface area contributed by atoms with Crippen LogP contribution < -0.4 is 0 Å². The maximum atomic E-state index is 2.39. The molecule has 1 unspecified atom stereocenters. The molecule has 2 aliphatic carbocycles. The van der Waals surface area contributed by atoms with E-state index < -0.39 is 0 Å². The minimum Gasteiger partial charge on any atom is -0.0761 e. The lowest BCUT2D eigenvalue weighted by Gasteiger charge is -2.15. The van der Waals surface area contributed by atoms with E-state index in [1.54, 1.807) is 0 Å². The molecule has 0 heteroatoms. The molecule has 2 aromatic carbocycles. The van der Waals surface area contributed by atoms with Crippen molar-refractivity contribution >= 4 is 17.2 Å². The van der Waals surface area contributed by atoms with Crippen molar-refractivity contribution in [3.63, 3.8) is 0 Å². The average Bonchev–Trinajstić information content (AvgIpc) is 3.29. The summed E-state index contributed by atoms with van der Waals surface area (Å²) in [4.78, 5) is 0. The number of allylic oxidation sites excluding steroid dienone is 5. The second-order valence-corrected chi connectivity index (χ2v) is 9.25. The van der Waals surface area contributed by atoms with Crippen LogP contribution in [-0.2, 0) is 6.42 Å². The first-order chi connectivity index (χ1) is 13.4. The summed E-state index contributed by atoms with van der Waals surface area (Å²) < 4.78 is 0. The predicted molar refractivity (Wildman–Crippen MR) is 123 cm³/mol. The lowest BCUT2D eigenvalue weighted by Crippen LogP contribution is -2.01. The van der Waals surface area contributed by atoms with Gasteiger partial charge in [-0.2, -0.15) is 0 Å². The van der Waals surface area contributed by atoms with Gasteiger partial charge in [0.1, 0.15) is 0 Å². The van der Waals surface area contributed by atoms with Crippen molar-refractivity contribution in [3.8, 4) is 0 Å². The van der Waals surface area contributed by atoms with Gasteiger partial charge >= 0.3 is 0 Å². The van der Waals surface area contributed by atoms with Gasteiger partial charge in [0, 0.05) is 5.92 Å². The lowest BCUT2D eigenvalue weighted by atomic mass is 9.89. The number of hydrogen-bond donors (Lipinski definition) is 0. The molecule has 144 valence electrons. The highest BCUT2D eigenvalue weighted by Gasteiger charge is 2.21. The maximum absolute atomic E-state index is 2.39. The minimum atomic E-state index is 0.569. The highest BCUT2D eigenvalue weighted by molar-refractivity contribution is 5.90. The van der Waals surface area contributed by atoms with Crippen molar-refractivity contribution in [3.05, 3.63) is 88.0 Å². The molecule has 2 aliphatic rings. The molecular formula is C28H32. The van der Waals surface area contributed by atoms with E-state index in [1.165, 1.54) is 44.5 Å². The maximum Gasteiger partial charge on any atom is 0.00502 e. The van der Waals surface area contributed by atoms with E-state index in [2.05, 4.69) is 95.3 Å². The van der Waals surface area contributed by atoms with E-state index in [-0.39, 0.29) is 0 Å². The fourth-order valence-corrected chi connectivity index (χ4v) is 4.59. The highest BCUT2D eigenvalue weighted by atomic mass is 14.3. The predicted octanol–water partition coefficient (Wildman–Crippen LogP) is 7.83. The normalized spacial score (nSPS) is 18.0. The molecule has 0 aliphatic heterocycles. The van der Waals surface area contributed by atoms with Crippen molar-refractivity contribution in [2.24, 2.45) is 11.8 Å². The van der Waals surface area contributed by atoms with Crippen LogP contribution in [0, 0.1) is 18.8 Å². The third-order valence-corrected chi connectivity index (χ3v) is 6.19. The molecule has 0 N–H and O–H groups in total. The molecule has 4 rings (SSSR count). The van der Waals surface area contributed by atoms with Crippen LogP contribution in [-0.4, -0.2) is 0 Å². The standard InChI is InChI=1S/C28H32/c1-18(2)14-21-6-7-22(15-20(21)5)23-8-9-24(16-23)25-10-13-28-26(17-25)11-12-27(28)19(3)4/h6-7,9-13,15-19,27H,8,14H2,1-5H3. The van der Waals surface area contributed by atoms with Gasteiger partial charge in [-0.3, -0.25) is 0 Å². The van der Waals surface area contributed by atoms with Gasteiger partial charge in [0.25, 0.3) is 0 Å². The van der Waals surface area contributed by atoms with Crippen LogP contribution in [0.4, 0.5) is 0 Å². The molecule has 0 saturated heterocycles. The molecule has 0 bridgehead atoms. The zero-order chi connectivity index (χ0) is 19.8. The minimum absolute atomic E-state index is 0.569. The summed E-state index contributed by atoms with van der Waals surface area (Å²) in [6.45, 7) is 11.4. The molecule has 28 heavy (non-hydrogen) atoms. The first-order valence-corrected chi connectivity index (χ1v) is 10.8. The summed E-state index contributed by atoms with van der Waals surface area (Å²) in [5.74, 6) is 1.93. The molecule has 2 aromatic rings. The summed E-state index contributed by atoms with van der Waals surface area (Å²) in [6.07, 6.45) is 11.6. The third kappa shape index (κ3) is 3.65. The Kier molecular flexibility index (Phi) is 5.15. The largest absolute Gasteiger partial charge is 0.0761 e. The summed E-state index contributed by atoms with van der Waals surface area (Å²) in [6, 6.07) is 14.0. The molecule has 0 amide bonds. The number of aryl methyl sites for hydroxylation is 1. The van der Waals surface area contributed by atoms with Crippen molar-refractivity contribution in [1.82, 2.24) is 0 Å². The van der Waals surface area contributed by atoms with Gasteiger partial charge in [-0.05, 0) is 82.2 Å². The van der Waals surface area contributed by atoms with Crippen molar-refractivity contribution in [1.29, 1.82) is 0 Å². The quantitative estimate of drug-likeness (QED) is 0.504. The molecule has 1 atom stereocenters. The van der Waals surface area contributed by atoms with E-state index in [0.29, 0.717) is 17.8 Å². The Morgan fingerprint density at radius 1 is 0.964 bits per heavy atom. The molecule has 0 saturated carbocycles. The van der Waals surface area contributed by atoms with Crippen LogP contribution in [0.3, 0.4) is 0 Å². The molecular weight excluding hydrogens is 336 g/mol. The van der Waals surface area contributed by atoms with Crippen LogP contribution in [0.25, 0.3) is 17.2 Å². The topological polar surface area (TPSA) is 0 Å². The SMILES string of the molecule is Cc1cc(C2=CC(c3ccc4c(c3)C=CC4C(C)C)=CC2)ccc1CC(C)C. The van der Waals surface area contributed by atoms with Gasteiger partial charge in [-0.25, -0.2) is 0 Å². The Morgan fingerprint density at radius 3 is 2.46 bits per heavy atom. The highest BCUT2D eigenvalue weighted by Crippen LogP contribution is 2.39. The summed E-state index contributed by atoms with van der Waals surface area (Å²) >= 11 is 0. The number of fused-ring (bicyclic) bond motifs is 1. The molecule has 0 fully saturated rings. The van der Waals surface area contributed by atoms with Crippen LogP contribution in [0.2, 0.25) is 0 Å². The smallest absolute Gasteiger partial charge is 0.00502 e. The number of hydrogen-bond acceptors (Lipinski definition) is 0. The van der Waals surface area contributed by atoms with E-state index in [4.69, 9.17) is 0 Å². The van der Waals surface area contributed by atoms with Gasteiger partial charge in [0.05, 0.1) is 0 Å². The van der Waals surface area contributed by atoms with Crippen LogP contribution in [0.1, 0.15) is 73.4 Å². The van der Waals surface area contributed by atoms with Gasteiger partial charge in [0.15, 0.2) is 0 Å². The van der Waals surface area contributed by atoms with E-state index in [9.17, 15) is 0 Å². The monoisotopic (exact) mass is 368 g/mol. The van der Waals surface area contributed by atoms with Gasteiger partial charge in [0.2, 0.25) is 0 Å². The van der Waals surface area contributed by atoms with Crippen molar-refractivity contribution in [2.75, 3.05) is 0 Å². The van der Waals surface area contributed by atoms with Crippen LogP contribution >= 0.6 is 0 Å². The Labute approximate surface area is 170 Å². The first kappa shape index (κ1) is 19.0.